The minimum atomic E-state index is -0.576. The molecule has 0 bridgehead atoms. The Hall–Kier alpha value is -2.50. The van der Waals surface area contributed by atoms with Crippen molar-refractivity contribution in [2.24, 2.45) is 5.92 Å². The van der Waals surface area contributed by atoms with Gasteiger partial charge in [0.2, 0.25) is 6.10 Å². The summed E-state index contributed by atoms with van der Waals surface area (Å²) in [6.45, 7) is 8.46. The number of piperidine rings is 1. The molecule has 0 spiro atoms. The monoisotopic (exact) mass is 369 g/mol. The second-order valence-electron chi connectivity index (χ2n) is 7.69. The van der Waals surface area contributed by atoms with Crippen molar-refractivity contribution < 1.29 is 14.3 Å². The summed E-state index contributed by atoms with van der Waals surface area (Å²) < 4.78 is 13.9. The number of aryl methyl sites for hydroxylation is 2. The van der Waals surface area contributed by atoms with Crippen LogP contribution in [0.2, 0.25) is 0 Å². The molecule has 1 amide bonds. The van der Waals surface area contributed by atoms with E-state index < -0.39 is 6.10 Å². The number of rotatable bonds is 3. The van der Waals surface area contributed by atoms with Crippen LogP contribution in [-0.2, 0) is 11.3 Å². The molecule has 2 aliphatic rings. The number of nitrogens with zero attached hydrogens (tertiary/aromatic N) is 3. The minimum Gasteiger partial charge on any atom is -0.482 e. The number of aromatic nitrogens is 2. The van der Waals surface area contributed by atoms with E-state index in [9.17, 15) is 4.79 Å². The van der Waals surface area contributed by atoms with Crippen molar-refractivity contribution in [1.82, 2.24) is 14.7 Å². The zero-order valence-corrected chi connectivity index (χ0v) is 16.2. The molecule has 2 aliphatic heterocycles. The molecule has 0 N–H and O–H groups in total. The topological polar surface area (TPSA) is 56.6 Å². The molecule has 2 aromatic rings. The van der Waals surface area contributed by atoms with Crippen molar-refractivity contribution in [1.29, 1.82) is 0 Å². The lowest BCUT2D eigenvalue weighted by Gasteiger charge is -2.37. The van der Waals surface area contributed by atoms with Crippen LogP contribution in [0.15, 0.2) is 30.3 Å². The van der Waals surface area contributed by atoms with Gasteiger partial charge in [0, 0.05) is 25.3 Å². The number of carbonyl (C=O) groups is 1. The number of fused-ring (bicyclic) bond motifs is 1. The third kappa shape index (κ3) is 3.66. The normalized spacial score (nSPS) is 22.7. The second kappa shape index (κ2) is 7.25. The van der Waals surface area contributed by atoms with Gasteiger partial charge in [-0.15, -0.1) is 0 Å². The summed E-state index contributed by atoms with van der Waals surface area (Å²) in [5.41, 5.74) is 2.26. The molecule has 2 atom stereocenters. The molecule has 6 heteroatoms. The SMILES string of the molecule is Cc1cc(C)n(CC2CCN(C(=O)C3Oc4ccccc4OC3C)CC2)n1. The Labute approximate surface area is 160 Å². The Morgan fingerprint density at radius 3 is 2.44 bits per heavy atom. The second-order valence-corrected chi connectivity index (χ2v) is 7.69. The van der Waals surface area contributed by atoms with Crippen molar-refractivity contribution in [2.45, 2.75) is 52.4 Å². The van der Waals surface area contributed by atoms with Gasteiger partial charge in [-0.25, -0.2) is 0 Å². The van der Waals surface area contributed by atoms with Gasteiger partial charge in [0.1, 0.15) is 6.10 Å². The van der Waals surface area contributed by atoms with Crippen LogP contribution in [-0.4, -0.2) is 45.9 Å². The maximum Gasteiger partial charge on any atom is 0.267 e. The van der Waals surface area contributed by atoms with Crippen LogP contribution in [0.3, 0.4) is 0 Å². The van der Waals surface area contributed by atoms with Gasteiger partial charge < -0.3 is 14.4 Å². The first-order valence-electron chi connectivity index (χ1n) is 9.73. The minimum absolute atomic E-state index is 0.0292. The number of amides is 1. The lowest BCUT2D eigenvalue weighted by atomic mass is 9.96. The van der Waals surface area contributed by atoms with Crippen LogP contribution in [0.5, 0.6) is 11.5 Å². The zero-order chi connectivity index (χ0) is 19.0. The lowest BCUT2D eigenvalue weighted by molar-refractivity contribution is -0.145. The van der Waals surface area contributed by atoms with E-state index in [4.69, 9.17) is 9.47 Å². The maximum atomic E-state index is 13.0. The number of likely N-dealkylation sites (tertiary alicyclic amines) is 1. The van der Waals surface area contributed by atoms with E-state index in [1.165, 1.54) is 5.69 Å². The summed E-state index contributed by atoms with van der Waals surface area (Å²) in [5.74, 6) is 1.93. The van der Waals surface area contributed by atoms with Gasteiger partial charge >= 0.3 is 0 Å². The molecule has 1 saturated heterocycles. The lowest BCUT2D eigenvalue weighted by Crippen LogP contribution is -2.52. The fourth-order valence-corrected chi connectivity index (χ4v) is 4.01. The summed E-state index contributed by atoms with van der Waals surface area (Å²) in [5, 5.41) is 4.56. The van der Waals surface area contributed by atoms with E-state index in [-0.39, 0.29) is 12.0 Å². The number of para-hydroxylation sites is 2. The Morgan fingerprint density at radius 2 is 1.81 bits per heavy atom. The highest BCUT2D eigenvalue weighted by Crippen LogP contribution is 2.34. The van der Waals surface area contributed by atoms with Crippen LogP contribution in [0.25, 0.3) is 0 Å². The molecule has 4 rings (SSSR count). The number of hydrogen-bond acceptors (Lipinski definition) is 4. The molecule has 0 aliphatic carbocycles. The van der Waals surface area contributed by atoms with Crippen LogP contribution >= 0.6 is 0 Å². The van der Waals surface area contributed by atoms with Crippen LogP contribution < -0.4 is 9.47 Å². The number of benzene rings is 1. The number of ether oxygens (including phenoxy) is 2. The van der Waals surface area contributed by atoms with Gasteiger partial charge in [0.05, 0.1) is 5.69 Å². The highest BCUT2D eigenvalue weighted by atomic mass is 16.6. The highest BCUT2D eigenvalue weighted by molar-refractivity contribution is 5.82. The predicted octanol–water partition coefficient (Wildman–Crippen LogP) is 2.97. The third-order valence-corrected chi connectivity index (χ3v) is 5.55. The van der Waals surface area contributed by atoms with Crippen LogP contribution in [0.4, 0.5) is 0 Å². The summed E-state index contributed by atoms with van der Waals surface area (Å²) in [4.78, 5) is 14.9. The molecule has 0 radical (unpaired) electrons. The van der Waals surface area contributed by atoms with Gasteiger partial charge in [-0.2, -0.15) is 5.10 Å². The average Bonchev–Trinajstić information content (AvgIpc) is 2.98. The van der Waals surface area contributed by atoms with Crippen LogP contribution in [0.1, 0.15) is 31.2 Å². The van der Waals surface area contributed by atoms with E-state index in [0.717, 1.165) is 38.2 Å². The first-order valence-corrected chi connectivity index (χ1v) is 9.73. The van der Waals surface area contributed by atoms with Crippen LogP contribution in [0, 0.1) is 19.8 Å². The summed E-state index contributed by atoms with van der Waals surface area (Å²) in [7, 11) is 0. The smallest absolute Gasteiger partial charge is 0.267 e. The zero-order valence-electron chi connectivity index (χ0n) is 16.2. The van der Waals surface area contributed by atoms with Gasteiger partial charge in [0.25, 0.3) is 5.91 Å². The van der Waals surface area contributed by atoms with E-state index in [0.29, 0.717) is 17.4 Å². The summed E-state index contributed by atoms with van der Waals surface area (Å²) in [6, 6.07) is 9.63. The van der Waals surface area contributed by atoms with Crippen molar-refractivity contribution in [3.8, 4) is 11.5 Å². The quantitative estimate of drug-likeness (QED) is 0.835. The summed E-state index contributed by atoms with van der Waals surface area (Å²) in [6.07, 6.45) is 1.11. The highest BCUT2D eigenvalue weighted by Gasteiger charge is 2.37. The number of hydrogen-bond donors (Lipinski definition) is 0. The van der Waals surface area contributed by atoms with Crippen molar-refractivity contribution in [3.05, 3.63) is 41.7 Å². The van der Waals surface area contributed by atoms with Crippen molar-refractivity contribution in [3.63, 3.8) is 0 Å². The molecule has 1 aromatic heterocycles. The largest absolute Gasteiger partial charge is 0.482 e. The van der Waals surface area contributed by atoms with Crippen molar-refractivity contribution in [2.75, 3.05) is 13.1 Å². The maximum absolute atomic E-state index is 13.0. The Morgan fingerprint density at radius 1 is 1.15 bits per heavy atom. The first kappa shape index (κ1) is 17.9. The van der Waals surface area contributed by atoms with Gasteiger partial charge in [-0.05, 0) is 57.7 Å². The molecule has 27 heavy (non-hydrogen) atoms. The molecular formula is C21H27N3O3. The number of carbonyl (C=O) groups excluding carboxylic acids is 1. The molecular weight excluding hydrogens is 342 g/mol. The summed E-state index contributed by atoms with van der Waals surface area (Å²) >= 11 is 0. The first-order chi connectivity index (χ1) is 13.0. The third-order valence-electron chi connectivity index (χ3n) is 5.55. The molecule has 144 valence electrons. The van der Waals surface area contributed by atoms with Gasteiger partial charge in [0.15, 0.2) is 11.5 Å². The van der Waals surface area contributed by atoms with E-state index in [1.54, 1.807) is 0 Å². The van der Waals surface area contributed by atoms with Crippen molar-refractivity contribution >= 4 is 5.91 Å². The van der Waals surface area contributed by atoms with Gasteiger partial charge in [-0.3, -0.25) is 9.48 Å². The molecule has 0 saturated carbocycles. The average molecular weight is 369 g/mol. The predicted molar refractivity (Wildman–Crippen MR) is 102 cm³/mol. The molecule has 1 aromatic carbocycles. The van der Waals surface area contributed by atoms with E-state index in [2.05, 4.69) is 22.8 Å². The molecule has 2 unspecified atom stereocenters. The standard InChI is InChI=1S/C21H27N3O3/c1-14-12-15(2)24(22-14)13-17-8-10-23(11-9-17)21(25)20-16(3)26-18-6-4-5-7-19(18)27-20/h4-7,12,16-17,20H,8-11,13H2,1-3H3. The van der Waals surface area contributed by atoms with Gasteiger partial charge in [-0.1, -0.05) is 12.1 Å². The molecule has 6 nitrogen and oxygen atoms in total. The fourth-order valence-electron chi connectivity index (χ4n) is 4.01. The molecule has 3 heterocycles. The Kier molecular flexibility index (Phi) is 4.81. The molecule has 1 fully saturated rings. The Bertz CT molecular complexity index is 824. The fraction of sp³-hybridized carbons (Fsp3) is 0.524. The Balaban J connectivity index is 1.35. The van der Waals surface area contributed by atoms with E-state index in [1.807, 2.05) is 43.0 Å². The van der Waals surface area contributed by atoms with E-state index >= 15 is 0 Å².